The maximum absolute atomic E-state index is 10.6. The second-order valence-electron chi connectivity index (χ2n) is 5.98. The van der Waals surface area contributed by atoms with Crippen molar-refractivity contribution in [3.8, 4) is 11.5 Å². The lowest BCUT2D eigenvalue weighted by Crippen LogP contribution is -2.20. The predicted octanol–water partition coefficient (Wildman–Crippen LogP) is 3.97. The van der Waals surface area contributed by atoms with E-state index in [0.29, 0.717) is 35.7 Å². The quantitative estimate of drug-likeness (QED) is 0.897. The lowest BCUT2D eigenvalue weighted by atomic mass is 9.78. The number of hydrogen-bond donors (Lipinski definition) is 1. The van der Waals surface area contributed by atoms with Gasteiger partial charge in [0, 0.05) is 11.6 Å². The molecule has 1 N–H and O–H groups in total. The van der Waals surface area contributed by atoms with Gasteiger partial charge in [-0.15, -0.1) is 0 Å². The summed E-state index contributed by atoms with van der Waals surface area (Å²) in [4.78, 5) is 0. The Labute approximate surface area is 124 Å². The highest BCUT2D eigenvalue weighted by Gasteiger charge is 2.28. The first-order valence-electron chi connectivity index (χ1n) is 7.42. The van der Waals surface area contributed by atoms with Gasteiger partial charge < -0.3 is 14.6 Å². The molecule has 0 aromatic heterocycles. The van der Waals surface area contributed by atoms with Crippen LogP contribution >= 0.6 is 11.6 Å². The molecule has 20 heavy (non-hydrogen) atoms. The largest absolute Gasteiger partial charge is 0.486 e. The first kappa shape index (κ1) is 14.0. The van der Waals surface area contributed by atoms with Crippen LogP contribution < -0.4 is 9.47 Å². The average molecular weight is 297 g/mol. The van der Waals surface area contributed by atoms with Crippen molar-refractivity contribution >= 4 is 11.6 Å². The van der Waals surface area contributed by atoms with Crippen LogP contribution in [0.5, 0.6) is 11.5 Å². The lowest BCUT2D eigenvalue weighted by molar-refractivity contribution is 0.0750. The molecule has 2 aliphatic rings. The van der Waals surface area contributed by atoms with E-state index in [1.807, 2.05) is 6.07 Å². The van der Waals surface area contributed by atoms with Crippen molar-refractivity contribution in [2.75, 3.05) is 13.2 Å². The van der Waals surface area contributed by atoms with Crippen LogP contribution in [0.4, 0.5) is 0 Å². The molecule has 1 aliphatic heterocycles. The Bertz CT molecular complexity index is 481. The van der Waals surface area contributed by atoms with Crippen LogP contribution in [-0.4, -0.2) is 18.3 Å². The van der Waals surface area contributed by atoms with Gasteiger partial charge in [-0.3, -0.25) is 0 Å². The summed E-state index contributed by atoms with van der Waals surface area (Å²) in [6.45, 7) is 3.37. The standard InChI is InChI=1S/C16H21ClO3/c1-10-2-4-11(5-3-10)16(18)12-8-14-15(9-13(12)17)20-7-6-19-14/h8-11,16,18H,2-7H2,1H3. The second-order valence-corrected chi connectivity index (χ2v) is 6.39. The number of aliphatic hydroxyl groups is 1. The summed E-state index contributed by atoms with van der Waals surface area (Å²) in [5.41, 5.74) is 0.774. The Morgan fingerprint density at radius 1 is 1.10 bits per heavy atom. The zero-order chi connectivity index (χ0) is 14.1. The summed E-state index contributed by atoms with van der Waals surface area (Å²) in [7, 11) is 0. The number of fused-ring (bicyclic) bond motifs is 1. The minimum atomic E-state index is -0.508. The van der Waals surface area contributed by atoms with E-state index in [2.05, 4.69) is 6.92 Å². The molecule has 1 fully saturated rings. The van der Waals surface area contributed by atoms with Gasteiger partial charge >= 0.3 is 0 Å². The molecule has 0 saturated heterocycles. The van der Waals surface area contributed by atoms with E-state index in [4.69, 9.17) is 21.1 Å². The molecule has 110 valence electrons. The van der Waals surface area contributed by atoms with Gasteiger partial charge in [0.2, 0.25) is 0 Å². The molecule has 0 bridgehead atoms. The Kier molecular flexibility index (Phi) is 4.08. The van der Waals surface area contributed by atoms with Gasteiger partial charge in [-0.2, -0.15) is 0 Å². The minimum Gasteiger partial charge on any atom is -0.486 e. The van der Waals surface area contributed by atoms with E-state index in [0.717, 1.165) is 24.3 Å². The van der Waals surface area contributed by atoms with Gasteiger partial charge in [-0.25, -0.2) is 0 Å². The zero-order valence-electron chi connectivity index (χ0n) is 11.8. The fourth-order valence-corrected chi connectivity index (χ4v) is 3.43. The van der Waals surface area contributed by atoms with Crippen molar-refractivity contribution < 1.29 is 14.6 Å². The number of aliphatic hydroxyl groups excluding tert-OH is 1. The molecule has 1 aromatic rings. The number of ether oxygens (including phenoxy) is 2. The van der Waals surface area contributed by atoms with Gasteiger partial charge in [0.1, 0.15) is 13.2 Å². The molecule has 0 spiro atoms. The fourth-order valence-electron chi connectivity index (χ4n) is 3.16. The highest BCUT2D eigenvalue weighted by atomic mass is 35.5. The highest BCUT2D eigenvalue weighted by molar-refractivity contribution is 6.31. The van der Waals surface area contributed by atoms with Gasteiger partial charge in [-0.1, -0.05) is 31.4 Å². The van der Waals surface area contributed by atoms with Crippen molar-refractivity contribution in [2.24, 2.45) is 11.8 Å². The summed E-state index contributed by atoms with van der Waals surface area (Å²) in [5.74, 6) is 2.44. The molecule has 1 aliphatic carbocycles. The lowest BCUT2D eigenvalue weighted by Gasteiger charge is -2.31. The Balaban J connectivity index is 1.82. The van der Waals surface area contributed by atoms with Crippen LogP contribution in [0, 0.1) is 11.8 Å². The Morgan fingerprint density at radius 3 is 2.35 bits per heavy atom. The van der Waals surface area contributed by atoms with E-state index in [1.54, 1.807) is 6.07 Å². The van der Waals surface area contributed by atoms with Crippen LogP contribution in [0.25, 0.3) is 0 Å². The van der Waals surface area contributed by atoms with Crippen LogP contribution in [0.2, 0.25) is 5.02 Å². The number of hydrogen-bond acceptors (Lipinski definition) is 3. The topological polar surface area (TPSA) is 38.7 Å². The fraction of sp³-hybridized carbons (Fsp3) is 0.625. The van der Waals surface area contributed by atoms with E-state index in [-0.39, 0.29) is 0 Å². The van der Waals surface area contributed by atoms with Crippen molar-refractivity contribution in [3.63, 3.8) is 0 Å². The Morgan fingerprint density at radius 2 is 1.70 bits per heavy atom. The molecule has 1 aromatic carbocycles. The summed E-state index contributed by atoms with van der Waals surface area (Å²) >= 11 is 6.31. The predicted molar refractivity (Wildman–Crippen MR) is 78.5 cm³/mol. The van der Waals surface area contributed by atoms with Crippen molar-refractivity contribution in [3.05, 3.63) is 22.7 Å². The summed E-state index contributed by atoms with van der Waals surface area (Å²) < 4.78 is 11.1. The monoisotopic (exact) mass is 296 g/mol. The molecule has 3 nitrogen and oxygen atoms in total. The first-order valence-corrected chi connectivity index (χ1v) is 7.80. The minimum absolute atomic E-state index is 0.297. The van der Waals surface area contributed by atoms with Crippen molar-refractivity contribution in [1.82, 2.24) is 0 Å². The molecule has 1 atom stereocenters. The van der Waals surface area contributed by atoms with Crippen LogP contribution in [0.3, 0.4) is 0 Å². The van der Waals surface area contributed by atoms with Crippen LogP contribution in [0.15, 0.2) is 12.1 Å². The van der Waals surface area contributed by atoms with Crippen molar-refractivity contribution in [2.45, 2.75) is 38.7 Å². The first-order chi connectivity index (χ1) is 9.65. The molecular formula is C16H21ClO3. The second kappa shape index (κ2) is 5.82. The molecule has 0 radical (unpaired) electrons. The third kappa shape index (κ3) is 2.75. The van der Waals surface area contributed by atoms with Crippen molar-refractivity contribution in [1.29, 1.82) is 0 Å². The normalized spacial score (nSPS) is 27.1. The zero-order valence-corrected chi connectivity index (χ0v) is 12.5. The third-order valence-corrected chi connectivity index (χ3v) is 4.81. The van der Waals surface area contributed by atoms with Gasteiger partial charge in [0.25, 0.3) is 0 Å². The molecule has 1 heterocycles. The van der Waals surface area contributed by atoms with Crippen LogP contribution in [-0.2, 0) is 0 Å². The number of halogens is 1. The van der Waals surface area contributed by atoms with Gasteiger partial charge in [0.05, 0.1) is 11.1 Å². The van der Waals surface area contributed by atoms with E-state index >= 15 is 0 Å². The molecule has 4 heteroatoms. The Hall–Kier alpha value is -0.930. The molecule has 1 unspecified atom stereocenters. The molecule has 3 rings (SSSR count). The van der Waals surface area contributed by atoms with E-state index < -0.39 is 6.10 Å². The summed E-state index contributed by atoms with van der Waals surface area (Å²) in [6, 6.07) is 3.61. The third-order valence-electron chi connectivity index (χ3n) is 4.49. The van der Waals surface area contributed by atoms with E-state index in [1.165, 1.54) is 12.8 Å². The SMILES string of the molecule is CC1CCC(C(O)c2cc3c(cc2Cl)OCCO3)CC1. The number of rotatable bonds is 2. The smallest absolute Gasteiger partial charge is 0.162 e. The maximum atomic E-state index is 10.6. The summed E-state index contributed by atoms with van der Waals surface area (Å²) in [5, 5.41) is 11.2. The highest BCUT2D eigenvalue weighted by Crippen LogP contribution is 2.43. The number of benzene rings is 1. The van der Waals surface area contributed by atoms with Gasteiger partial charge in [-0.05, 0) is 30.7 Å². The average Bonchev–Trinajstić information content (AvgIpc) is 2.46. The van der Waals surface area contributed by atoms with E-state index in [9.17, 15) is 5.11 Å². The molecule has 0 amide bonds. The molecule has 1 saturated carbocycles. The molecular weight excluding hydrogens is 276 g/mol. The van der Waals surface area contributed by atoms with Crippen LogP contribution in [0.1, 0.15) is 44.3 Å². The van der Waals surface area contributed by atoms with Gasteiger partial charge in [0.15, 0.2) is 11.5 Å². The summed E-state index contributed by atoms with van der Waals surface area (Å²) in [6.07, 6.45) is 3.99. The maximum Gasteiger partial charge on any atom is 0.162 e.